The van der Waals surface area contributed by atoms with Crippen LogP contribution in [0.2, 0.25) is 0 Å². The Bertz CT molecular complexity index is 919. The summed E-state index contributed by atoms with van der Waals surface area (Å²) in [5.41, 5.74) is 2.03. The fourth-order valence-electron chi connectivity index (χ4n) is 5.33. The van der Waals surface area contributed by atoms with Crippen molar-refractivity contribution in [2.75, 3.05) is 46.2 Å². The molecule has 0 aromatic heterocycles. The predicted molar refractivity (Wildman–Crippen MR) is 127 cm³/mol. The number of ether oxygens (including phenoxy) is 2. The van der Waals surface area contributed by atoms with Crippen molar-refractivity contribution in [2.24, 2.45) is 11.8 Å². The normalized spacial score (nSPS) is 24.3. The molecule has 0 spiro atoms. The van der Waals surface area contributed by atoms with Gasteiger partial charge in [-0.25, -0.2) is 0 Å². The fraction of sp³-hybridized carbons (Fsp3) is 0.500. The van der Waals surface area contributed by atoms with Crippen LogP contribution in [0.25, 0.3) is 0 Å². The SMILES string of the molecule is COc1cccc(CN2CCCC(C3CC(C(=O)Nc4ccccc4OC)CN3C)C2)c1. The topological polar surface area (TPSA) is 54.0 Å². The molecule has 2 aromatic rings. The number of para-hydroxylation sites is 2. The van der Waals surface area contributed by atoms with Gasteiger partial charge in [0.1, 0.15) is 11.5 Å². The van der Waals surface area contributed by atoms with E-state index in [0.717, 1.165) is 44.0 Å². The van der Waals surface area contributed by atoms with Gasteiger partial charge in [-0.05, 0) is 68.6 Å². The average molecular weight is 438 g/mol. The highest BCUT2D eigenvalue weighted by atomic mass is 16.5. The highest BCUT2D eigenvalue weighted by Gasteiger charge is 2.39. The molecule has 4 rings (SSSR count). The van der Waals surface area contributed by atoms with Crippen LogP contribution in [0.5, 0.6) is 11.5 Å². The summed E-state index contributed by atoms with van der Waals surface area (Å²) in [6, 6.07) is 16.4. The van der Waals surface area contributed by atoms with Crippen molar-refractivity contribution in [3.63, 3.8) is 0 Å². The monoisotopic (exact) mass is 437 g/mol. The van der Waals surface area contributed by atoms with E-state index in [-0.39, 0.29) is 11.8 Å². The molecule has 2 aromatic carbocycles. The Morgan fingerprint density at radius 1 is 1.09 bits per heavy atom. The van der Waals surface area contributed by atoms with Gasteiger partial charge < -0.3 is 19.7 Å². The van der Waals surface area contributed by atoms with E-state index in [4.69, 9.17) is 9.47 Å². The molecule has 6 nitrogen and oxygen atoms in total. The van der Waals surface area contributed by atoms with E-state index in [1.807, 2.05) is 30.3 Å². The summed E-state index contributed by atoms with van der Waals surface area (Å²) in [5.74, 6) is 2.29. The van der Waals surface area contributed by atoms with Gasteiger partial charge in [0.25, 0.3) is 0 Å². The Kier molecular flexibility index (Phi) is 7.33. The van der Waals surface area contributed by atoms with Gasteiger partial charge in [0.15, 0.2) is 0 Å². The minimum absolute atomic E-state index is 0.00340. The van der Waals surface area contributed by atoms with E-state index in [0.29, 0.717) is 17.7 Å². The van der Waals surface area contributed by atoms with Gasteiger partial charge in [-0.1, -0.05) is 24.3 Å². The van der Waals surface area contributed by atoms with Gasteiger partial charge in [-0.2, -0.15) is 0 Å². The lowest BCUT2D eigenvalue weighted by molar-refractivity contribution is -0.119. The van der Waals surface area contributed by atoms with Gasteiger partial charge in [0, 0.05) is 25.7 Å². The first-order valence-electron chi connectivity index (χ1n) is 11.6. The molecule has 2 fully saturated rings. The summed E-state index contributed by atoms with van der Waals surface area (Å²) in [5, 5.41) is 3.09. The molecule has 172 valence electrons. The average Bonchev–Trinajstić information content (AvgIpc) is 3.21. The molecule has 0 aliphatic carbocycles. The molecule has 0 saturated carbocycles. The highest BCUT2D eigenvalue weighted by Crippen LogP contribution is 2.34. The number of methoxy groups -OCH3 is 2. The summed E-state index contributed by atoms with van der Waals surface area (Å²) >= 11 is 0. The maximum absolute atomic E-state index is 13.0. The number of nitrogens with zero attached hydrogens (tertiary/aromatic N) is 2. The smallest absolute Gasteiger partial charge is 0.228 e. The second kappa shape index (κ2) is 10.4. The molecule has 2 aliphatic heterocycles. The standard InChI is InChI=1S/C26H35N3O3/c1-28-17-21(26(30)27-23-11-4-5-12-25(23)32-3)15-24(28)20-9-7-13-29(18-20)16-19-8-6-10-22(14-19)31-2/h4-6,8,10-12,14,20-21,24H,7,9,13,15-18H2,1-3H3,(H,27,30). The summed E-state index contributed by atoms with van der Waals surface area (Å²) in [6.07, 6.45) is 3.34. The number of carbonyl (C=O) groups is 1. The van der Waals surface area contributed by atoms with Crippen molar-refractivity contribution in [1.82, 2.24) is 9.80 Å². The number of piperidine rings is 1. The Morgan fingerprint density at radius 2 is 1.94 bits per heavy atom. The molecule has 6 heteroatoms. The molecule has 0 bridgehead atoms. The fourth-order valence-corrected chi connectivity index (χ4v) is 5.33. The van der Waals surface area contributed by atoms with Crippen molar-refractivity contribution in [3.8, 4) is 11.5 Å². The van der Waals surface area contributed by atoms with Crippen molar-refractivity contribution in [2.45, 2.75) is 31.8 Å². The summed E-state index contributed by atoms with van der Waals surface area (Å²) in [7, 11) is 5.51. The molecule has 3 unspecified atom stereocenters. The van der Waals surface area contributed by atoms with Crippen LogP contribution in [0.15, 0.2) is 48.5 Å². The Balaban J connectivity index is 1.35. The van der Waals surface area contributed by atoms with Crippen LogP contribution in [0.4, 0.5) is 5.69 Å². The van der Waals surface area contributed by atoms with Crippen LogP contribution in [0, 0.1) is 11.8 Å². The largest absolute Gasteiger partial charge is 0.497 e. The van der Waals surface area contributed by atoms with Crippen LogP contribution in [-0.4, -0.2) is 62.7 Å². The van der Waals surface area contributed by atoms with Crippen LogP contribution in [0.1, 0.15) is 24.8 Å². The van der Waals surface area contributed by atoms with Gasteiger partial charge in [0.2, 0.25) is 5.91 Å². The maximum Gasteiger partial charge on any atom is 0.228 e. The minimum Gasteiger partial charge on any atom is -0.497 e. The zero-order valence-electron chi connectivity index (χ0n) is 19.4. The van der Waals surface area contributed by atoms with Crippen molar-refractivity contribution < 1.29 is 14.3 Å². The molecule has 2 heterocycles. The number of amides is 1. The highest BCUT2D eigenvalue weighted by molar-refractivity contribution is 5.94. The summed E-state index contributed by atoms with van der Waals surface area (Å²) < 4.78 is 10.8. The minimum atomic E-state index is 0.00340. The van der Waals surface area contributed by atoms with Crippen molar-refractivity contribution in [3.05, 3.63) is 54.1 Å². The molecule has 2 saturated heterocycles. The maximum atomic E-state index is 13.0. The molecule has 3 atom stereocenters. The van der Waals surface area contributed by atoms with Gasteiger partial charge >= 0.3 is 0 Å². The van der Waals surface area contributed by atoms with Crippen LogP contribution in [0.3, 0.4) is 0 Å². The van der Waals surface area contributed by atoms with E-state index < -0.39 is 0 Å². The van der Waals surface area contributed by atoms with Crippen LogP contribution < -0.4 is 14.8 Å². The quantitative estimate of drug-likeness (QED) is 0.713. The number of anilines is 1. The first kappa shape index (κ1) is 22.6. The molecule has 32 heavy (non-hydrogen) atoms. The van der Waals surface area contributed by atoms with E-state index >= 15 is 0 Å². The molecule has 1 amide bonds. The Morgan fingerprint density at radius 3 is 2.75 bits per heavy atom. The van der Waals surface area contributed by atoms with E-state index in [2.05, 4.69) is 40.4 Å². The third kappa shape index (κ3) is 5.25. The zero-order chi connectivity index (χ0) is 22.5. The van der Waals surface area contributed by atoms with Gasteiger partial charge in [-0.15, -0.1) is 0 Å². The first-order valence-corrected chi connectivity index (χ1v) is 11.6. The Hall–Kier alpha value is -2.57. The second-order valence-corrected chi connectivity index (χ2v) is 9.12. The lowest BCUT2D eigenvalue weighted by atomic mass is 9.87. The van der Waals surface area contributed by atoms with Crippen molar-refractivity contribution in [1.29, 1.82) is 0 Å². The van der Waals surface area contributed by atoms with Crippen molar-refractivity contribution >= 4 is 11.6 Å². The summed E-state index contributed by atoms with van der Waals surface area (Å²) in [6.45, 7) is 3.95. The van der Waals surface area contributed by atoms with E-state index in [9.17, 15) is 4.79 Å². The number of benzene rings is 2. The van der Waals surface area contributed by atoms with Crippen LogP contribution >= 0.6 is 0 Å². The molecule has 0 radical (unpaired) electrons. The summed E-state index contributed by atoms with van der Waals surface area (Å²) in [4.78, 5) is 18.0. The Labute approximate surface area is 191 Å². The molecular weight excluding hydrogens is 402 g/mol. The molecule has 1 N–H and O–H groups in total. The molecule has 2 aliphatic rings. The second-order valence-electron chi connectivity index (χ2n) is 9.12. The number of likely N-dealkylation sites (tertiary alicyclic amines) is 2. The van der Waals surface area contributed by atoms with E-state index in [1.54, 1.807) is 14.2 Å². The number of hydrogen-bond acceptors (Lipinski definition) is 5. The zero-order valence-corrected chi connectivity index (χ0v) is 19.4. The van der Waals surface area contributed by atoms with E-state index in [1.165, 1.54) is 18.4 Å². The first-order chi connectivity index (χ1) is 15.6. The van der Waals surface area contributed by atoms with Crippen LogP contribution in [-0.2, 0) is 11.3 Å². The number of nitrogens with one attached hydrogen (secondary N) is 1. The number of rotatable bonds is 7. The van der Waals surface area contributed by atoms with Gasteiger partial charge in [0.05, 0.1) is 25.8 Å². The number of hydrogen-bond donors (Lipinski definition) is 1. The van der Waals surface area contributed by atoms with Gasteiger partial charge in [-0.3, -0.25) is 9.69 Å². The number of carbonyl (C=O) groups excluding carboxylic acids is 1. The third-order valence-electron chi connectivity index (χ3n) is 6.96. The third-order valence-corrected chi connectivity index (χ3v) is 6.96. The molecular formula is C26H35N3O3. The lowest BCUT2D eigenvalue weighted by Gasteiger charge is -2.38. The lowest BCUT2D eigenvalue weighted by Crippen LogP contribution is -2.43. The predicted octanol–water partition coefficient (Wildman–Crippen LogP) is 3.87.